The molecule has 5 nitrogen and oxygen atoms in total. The van der Waals surface area contributed by atoms with Crippen molar-refractivity contribution in [3.8, 4) is 0 Å². The van der Waals surface area contributed by atoms with Gasteiger partial charge in [-0.15, -0.1) is 0 Å². The number of halogens is 1. The van der Waals surface area contributed by atoms with E-state index in [1.807, 2.05) is 0 Å². The van der Waals surface area contributed by atoms with Gasteiger partial charge in [-0.1, -0.05) is 12.1 Å². The lowest BCUT2D eigenvalue weighted by atomic mass is 10.4. The minimum Gasteiger partial charge on any atom is -0.353 e. The number of benzene rings is 1. The molecule has 0 spiro atoms. The fraction of sp³-hybridized carbons (Fsp3) is 0.417. The summed E-state index contributed by atoms with van der Waals surface area (Å²) in [5.41, 5.74) is 0. The first-order valence-corrected chi connectivity index (χ1v) is 7.51. The molecule has 7 heteroatoms. The van der Waals surface area contributed by atoms with Crippen molar-refractivity contribution in [2.45, 2.75) is 30.2 Å². The monoisotopic (exact) mass is 286 g/mol. The van der Waals surface area contributed by atoms with E-state index in [1.54, 1.807) is 0 Å². The van der Waals surface area contributed by atoms with E-state index in [1.165, 1.54) is 18.2 Å². The average molecular weight is 286 g/mol. The summed E-state index contributed by atoms with van der Waals surface area (Å²) in [5, 5.41) is 2.74. The lowest BCUT2D eigenvalue weighted by Gasteiger charge is -2.07. The van der Waals surface area contributed by atoms with E-state index in [2.05, 4.69) is 10.0 Å². The van der Waals surface area contributed by atoms with Crippen LogP contribution in [-0.2, 0) is 14.8 Å². The zero-order valence-electron chi connectivity index (χ0n) is 10.2. The number of carbonyl (C=O) groups excluding carboxylic acids is 1. The van der Waals surface area contributed by atoms with Crippen LogP contribution in [0.2, 0.25) is 0 Å². The van der Waals surface area contributed by atoms with Gasteiger partial charge in [0.1, 0.15) is 10.7 Å². The SMILES string of the molecule is O=C(CCNS(=O)(=O)c1ccccc1F)NC1CC1. The normalized spacial score (nSPS) is 15.2. The number of carbonyl (C=O) groups is 1. The van der Waals surface area contributed by atoms with Crippen LogP contribution in [0.25, 0.3) is 0 Å². The molecule has 2 N–H and O–H groups in total. The van der Waals surface area contributed by atoms with Crippen LogP contribution in [0.3, 0.4) is 0 Å². The number of amides is 1. The van der Waals surface area contributed by atoms with Gasteiger partial charge >= 0.3 is 0 Å². The molecule has 0 radical (unpaired) electrons. The van der Waals surface area contributed by atoms with Crippen molar-refractivity contribution < 1.29 is 17.6 Å². The van der Waals surface area contributed by atoms with Gasteiger partial charge in [0.25, 0.3) is 0 Å². The fourth-order valence-corrected chi connectivity index (χ4v) is 2.68. The molecule has 1 amide bonds. The number of rotatable bonds is 6. The van der Waals surface area contributed by atoms with Crippen molar-refractivity contribution in [2.75, 3.05) is 6.54 Å². The molecule has 1 aromatic carbocycles. The van der Waals surface area contributed by atoms with Crippen molar-refractivity contribution >= 4 is 15.9 Å². The van der Waals surface area contributed by atoms with Gasteiger partial charge in [0, 0.05) is 19.0 Å². The van der Waals surface area contributed by atoms with Crippen molar-refractivity contribution in [3.63, 3.8) is 0 Å². The zero-order chi connectivity index (χ0) is 13.9. The largest absolute Gasteiger partial charge is 0.353 e. The van der Waals surface area contributed by atoms with Crippen LogP contribution in [0.5, 0.6) is 0 Å². The highest BCUT2D eigenvalue weighted by atomic mass is 32.2. The van der Waals surface area contributed by atoms with Crippen molar-refractivity contribution in [1.82, 2.24) is 10.0 Å². The Morgan fingerprint density at radius 2 is 2.00 bits per heavy atom. The van der Waals surface area contributed by atoms with Crippen LogP contribution >= 0.6 is 0 Å². The molecule has 0 aromatic heterocycles. The highest BCUT2D eigenvalue weighted by Gasteiger charge is 2.23. The summed E-state index contributed by atoms with van der Waals surface area (Å²) in [7, 11) is -3.90. The lowest BCUT2D eigenvalue weighted by Crippen LogP contribution is -2.32. The molecule has 1 aliphatic rings. The number of hydrogen-bond acceptors (Lipinski definition) is 3. The predicted octanol–water partition coefficient (Wildman–Crippen LogP) is 0.773. The highest BCUT2D eigenvalue weighted by Crippen LogP contribution is 2.18. The van der Waals surface area contributed by atoms with E-state index in [0.717, 1.165) is 18.9 Å². The molecule has 2 rings (SSSR count). The van der Waals surface area contributed by atoms with E-state index >= 15 is 0 Å². The van der Waals surface area contributed by atoms with Gasteiger partial charge < -0.3 is 5.32 Å². The van der Waals surface area contributed by atoms with Crippen LogP contribution in [0.4, 0.5) is 4.39 Å². The van der Waals surface area contributed by atoms with Gasteiger partial charge in [0.05, 0.1) is 0 Å². The maximum atomic E-state index is 13.4. The van der Waals surface area contributed by atoms with Gasteiger partial charge in [0.15, 0.2) is 0 Å². The fourth-order valence-electron chi connectivity index (χ4n) is 1.57. The van der Waals surface area contributed by atoms with Crippen LogP contribution < -0.4 is 10.0 Å². The van der Waals surface area contributed by atoms with Crippen molar-refractivity contribution in [3.05, 3.63) is 30.1 Å². The molecule has 1 saturated carbocycles. The van der Waals surface area contributed by atoms with E-state index in [4.69, 9.17) is 0 Å². The third-order valence-electron chi connectivity index (χ3n) is 2.71. The summed E-state index contributed by atoms with van der Waals surface area (Å²) in [4.78, 5) is 11.0. The van der Waals surface area contributed by atoms with E-state index in [-0.39, 0.29) is 24.9 Å². The van der Waals surface area contributed by atoms with Gasteiger partial charge in [-0.3, -0.25) is 4.79 Å². The third kappa shape index (κ3) is 4.00. The number of hydrogen-bond donors (Lipinski definition) is 2. The molecule has 0 unspecified atom stereocenters. The summed E-state index contributed by atoms with van der Waals surface area (Å²) < 4.78 is 39.1. The smallest absolute Gasteiger partial charge is 0.243 e. The number of sulfonamides is 1. The van der Waals surface area contributed by atoms with Crippen LogP contribution in [0, 0.1) is 5.82 Å². The molecular formula is C12H15FN2O3S. The van der Waals surface area contributed by atoms with Gasteiger partial charge in [0.2, 0.25) is 15.9 Å². The zero-order valence-corrected chi connectivity index (χ0v) is 11.0. The Kier molecular flexibility index (Phi) is 4.16. The summed E-state index contributed by atoms with van der Waals surface area (Å²) in [6.45, 7) is -0.0464. The Labute approximate surface area is 111 Å². The molecule has 1 aliphatic carbocycles. The standard InChI is InChI=1S/C12H15FN2O3S/c13-10-3-1-2-4-11(10)19(17,18)14-8-7-12(16)15-9-5-6-9/h1-4,9,14H,5-8H2,(H,15,16). The van der Waals surface area contributed by atoms with Crippen LogP contribution in [0.15, 0.2) is 29.2 Å². The quantitative estimate of drug-likeness (QED) is 0.811. The minimum absolute atomic E-state index is 0.0458. The molecule has 0 aliphatic heterocycles. The second kappa shape index (κ2) is 5.66. The highest BCUT2D eigenvalue weighted by molar-refractivity contribution is 7.89. The second-order valence-corrected chi connectivity index (χ2v) is 6.16. The lowest BCUT2D eigenvalue weighted by molar-refractivity contribution is -0.121. The first-order valence-electron chi connectivity index (χ1n) is 6.02. The molecule has 104 valence electrons. The van der Waals surface area contributed by atoms with Crippen molar-refractivity contribution in [1.29, 1.82) is 0 Å². The summed E-state index contributed by atoms with van der Waals surface area (Å²) in [5.74, 6) is -1.00. The molecule has 1 fully saturated rings. The van der Waals surface area contributed by atoms with E-state index in [0.29, 0.717) is 0 Å². The molecule has 19 heavy (non-hydrogen) atoms. The second-order valence-electron chi connectivity index (χ2n) is 4.42. The third-order valence-corrected chi connectivity index (χ3v) is 4.21. The Morgan fingerprint density at radius 3 is 2.63 bits per heavy atom. The Balaban J connectivity index is 1.87. The summed E-state index contributed by atoms with van der Waals surface area (Å²) in [6, 6.07) is 5.36. The summed E-state index contributed by atoms with van der Waals surface area (Å²) >= 11 is 0. The molecule has 0 atom stereocenters. The van der Waals surface area contributed by atoms with Crippen molar-refractivity contribution in [2.24, 2.45) is 0 Å². The number of nitrogens with one attached hydrogen (secondary N) is 2. The van der Waals surface area contributed by atoms with E-state index in [9.17, 15) is 17.6 Å². The Bertz CT molecular complexity index is 570. The molecular weight excluding hydrogens is 271 g/mol. The molecule has 0 heterocycles. The Hall–Kier alpha value is -1.47. The average Bonchev–Trinajstić information content (AvgIpc) is 3.13. The first-order chi connectivity index (χ1) is 8.99. The predicted molar refractivity (Wildman–Crippen MR) is 67.4 cm³/mol. The molecule has 0 saturated heterocycles. The van der Waals surface area contributed by atoms with Gasteiger partial charge in [-0.05, 0) is 25.0 Å². The maximum Gasteiger partial charge on any atom is 0.243 e. The van der Waals surface area contributed by atoms with Crippen LogP contribution in [0.1, 0.15) is 19.3 Å². The van der Waals surface area contributed by atoms with E-state index < -0.39 is 20.7 Å². The minimum atomic E-state index is -3.90. The van der Waals surface area contributed by atoms with Gasteiger partial charge in [-0.2, -0.15) is 0 Å². The van der Waals surface area contributed by atoms with Gasteiger partial charge in [-0.25, -0.2) is 17.5 Å². The maximum absolute atomic E-state index is 13.4. The summed E-state index contributed by atoms with van der Waals surface area (Å²) in [6.07, 6.45) is 2.00. The Morgan fingerprint density at radius 1 is 1.32 bits per heavy atom. The molecule has 0 bridgehead atoms. The van der Waals surface area contributed by atoms with Crippen LogP contribution in [-0.4, -0.2) is 26.9 Å². The first kappa shape index (κ1) is 14.0. The molecule has 1 aromatic rings. The topological polar surface area (TPSA) is 75.3 Å².